The van der Waals surface area contributed by atoms with Gasteiger partial charge >= 0.3 is 0 Å². The van der Waals surface area contributed by atoms with Gasteiger partial charge in [-0.05, 0) is 38.8 Å². The van der Waals surface area contributed by atoms with Crippen molar-refractivity contribution < 1.29 is 4.79 Å². The van der Waals surface area contributed by atoms with Crippen LogP contribution in [0.2, 0.25) is 0 Å². The van der Waals surface area contributed by atoms with E-state index in [1.807, 2.05) is 24.8 Å². The highest BCUT2D eigenvalue weighted by molar-refractivity contribution is 5.95. The van der Waals surface area contributed by atoms with E-state index in [-0.39, 0.29) is 11.9 Å². The number of amides is 1. The fourth-order valence-electron chi connectivity index (χ4n) is 2.01. The van der Waals surface area contributed by atoms with Gasteiger partial charge in [-0.2, -0.15) is 0 Å². The SMILES string of the molecule is CCc1cc(C(=O)N(CC)C(C)CC)cc(NN)n1. The fraction of sp³-hybridized carbons (Fsp3) is 0.571. The van der Waals surface area contributed by atoms with Gasteiger partial charge in [0.1, 0.15) is 5.82 Å². The van der Waals surface area contributed by atoms with Crippen LogP contribution in [0.1, 0.15) is 50.2 Å². The Morgan fingerprint density at radius 2 is 2.11 bits per heavy atom. The van der Waals surface area contributed by atoms with Crippen molar-refractivity contribution in [2.75, 3.05) is 12.0 Å². The van der Waals surface area contributed by atoms with Crippen molar-refractivity contribution in [1.29, 1.82) is 0 Å². The molecule has 0 aliphatic heterocycles. The second-order valence-electron chi connectivity index (χ2n) is 4.58. The van der Waals surface area contributed by atoms with Gasteiger partial charge in [-0.15, -0.1) is 0 Å². The number of carbonyl (C=O) groups excluding carboxylic acids is 1. The number of aromatic nitrogens is 1. The molecule has 1 aromatic heterocycles. The highest BCUT2D eigenvalue weighted by atomic mass is 16.2. The number of hydrogen-bond donors (Lipinski definition) is 2. The molecule has 1 rings (SSSR count). The molecule has 5 heteroatoms. The summed E-state index contributed by atoms with van der Waals surface area (Å²) in [5.74, 6) is 5.96. The van der Waals surface area contributed by atoms with Crippen molar-refractivity contribution in [1.82, 2.24) is 9.88 Å². The predicted molar refractivity (Wildman–Crippen MR) is 77.9 cm³/mol. The van der Waals surface area contributed by atoms with Crippen molar-refractivity contribution in [3.05, 3.63) is 23.4 Å². The summed E-state index contributed by atoms with van der Waals surface area (Å²) in [5.41, 5.74) is 4.02. The number of nitrogens with zero attached hydrogens (tertiary/aromatic N) is 2. The van der Waals surface area contributed by atoms with Crippen LogP contribution in [-0.2, 0) is 6.42 Å². The minimum atomic E-state index is 0.0328. The minimum absolute atomic E-state index is 0.0328. The molecular weight excluding hydrogens is 240 g/mol. The third kappa shape index (κ3) is 3.67. The van der Waals surface area contributed by atoms with Gasteiger partial charge in [-0.3, -0.25) is 4.79 Å². The van der Waals surface area contributed by atoms with Crippen LogP contribution in [0.25, 0.3) is 0 Å². The Kier molecular flexibility index (Phi) is 5.76. The zero-order chi connectivity index (χ0) is 14.4. The normalized spacial score (nSPS) is 12.1. The van der Waals surface area contributed by atoms with Gasteiger partial charge in [0, 0.05) is 23.8 Å². The molecule has 3 N–H and O–H groups in total. The summed E-state index contributed by atoms with van der Waals surface area (Å²) in [6, 6.07) is 3.77. The number of nitrogen functional groups attached to an aromatic ring is 1. The first-order valence-corrected chi connectivity index (χ1v) is 6.85. The van der Waals surface area contributed by atoms with Gasteiger partial charge < -0.3 is 10.3 Å². The summed E-state index contributed by atoms with van der Waals surface area (Å²) in [5, 5.41) is 0. The van der Waals surface area contributed by atoms with Crippen LogP contribution in [0.3, 0.4) is 0 Å². The zero-order valence-corrected chi connectivity index (χ0v) is 12.2. The van der Waals surface area contributed by atoms with Crippen LogP contribution in [0.15, 0.2) is 12.1 Å². The lowest BCUT2D eigenvalue weighted by Crippen LogP contribution is -2.38. The summed E-state index contributed by atoms with van der Waals surface area (Å²) in [6.07, 6.45) is 1.71. The molecule has 106 valence electrons. The lowest BCUT2D eigenvalue weighted by Gasteiger charge is -2.27. The van der Waals surface area contributed by atoms with Crippen LogP contribution >= 0.6 is 0 Å². The molecule has 5 nitrogen and oxygen atoms in total. The van der Waals surface area contributed by atoms with E-state index in [4.69, 9.17) is 5.84 Å². The van der Waals surface area contributed by atoms with Crippen LogP contribution < -0.4 is 11.3 Å². The smallest absolute Gasteiger partial charge is 0.254 e. The summed E-state index contributed by atoms with van der Waals surface area (Å²) in [6.45, 7) is 8.84. The Balaban J connectivity index is 3.09. The Bertz CT molecular complexity index is 411. The molecule has 1 amide bonds. The molecule has 0 radical (unpaired) electrons. The lowest BCUT2D eigenvalue weighted by atomic mass is 10.1. The first-order chi connectivity index (χ1) is 9.07. The molecule has 1 atom stereocenters. The average Bonchev–Trinajstić information content (AvgIpc) is 2.46. The number of rotatable bonds is 6. The zero-order valence-electron chi connectivity index (χ0n) is 12.2. The largest absolute Gasteiger partial charge is 0.336 e. The summed E-state index contributed by atoms with van der Waals surface area (Å²) in [7, 11) is 0. The molecule has 19 heavy (non-hydrogen) atoms. The molecule has 1 aromatic rings. The van der Waals surface area contributed by atoms with E-state index in [0.29, 0.717) is 17.9 Å². The Hall–Kier alpha value is -1.62. The van der Waals surface area contributed by atoms with Crippen molar-refractivity contribution in [3.63, 3.8) is 0 Å². The Morgan fingerprint density at radius 3 is 2.58 bits per heavy atom. The number of nitrogens with two attached hydrogens (primary N) is 1. The number of carbonyl (C=O) groups is 1. The van der Waals surface area contributed by atoms with E-state index in [0.717, 1.165) is 18.5 Å². The van der Waals surface area contributed by atoms with E-state index in [2.05, 4.69) is 24.3 Å². The number of hydrogen-bond acceptors (Lipinski definition) is 4. The van der Waals surface area contributed by atoms with Crippen LogP contribution in [-0.4, -0.2) is 28.4 Å². The van der Waals surface area contributed by atoms with Gasteiger partial charge in [0.2, 0.25) is 0 Å². The molecule has 0 saturated heterocycles. The molecule has 0 spiro atoms. The van der Waals surface area contributed by atoms with Crippen LogP contribution in [0.5, 0.6) is 0 Å². The molecule has 0 fully saturated rings. The minimum Gasteiger partial charge on any atom is -0.336 e. The maximum atomic E-state index is 12.5. The maximum absolute atomic E-state index is 12.5. The van der Waals surface area contributed by atoms with Gasteiger partial charge in [0.15, 0.2) is 0 Å². The third-order valence-electron chi connectivity index (χ3n) is 3.36. The number of pyridine rings is 1. The molecule has 1 heterocycles. The van der Waals surface area contributed by atoms with Gasteiger partial charge in [0.25, 0.3) is 5.91 Å². The Morgan fingerprint density at radius 1 is 1.42 bits per heavy atom. The summed E-state index contributed by atoms with van der Waals surface area (Å²) in [4.78, 5) is 18.7. The highest BCUT2D eigenvalue weighted by Gasteiger charge is 2.19. The summed E-state index contributed by atoms with van der Waals surface area (Å²) >= 11 is 0. The standard InChI is InChI=1S/C14H24N4O/c1-5-10(4)18(7-3)14(19)11-8-12(6-2)16-13(9-11)17-15/h8-10H,5-7,15H2,1-4H3,(H,16,17). The summed E-state index contributed by atoms with van der Waals surface area (Å²) < 4.78 is 0. The van der Waals surface area contributed by atoms with E-state index >= 15 is 0 Å². The molecule has 0 aliphatic rings. The van der Waals surface area contributed by atoms with E-state index in [1.54, 1.807) is 6.07 Å². The second-order valence-corrected chi connectivity index (χ2v) is 4.58. The van der Waals surface area contributed by atoms with Crippen LogP contribution in [0.4, 0.5) is 5.82 Å². The molecule has 0 bridgehead atoms. The number of anilines is 1. The van der Waals surface area contributed by atoms with Crippen molar-refractivity contribution in [2.45, 2.75) is 46.6 Å². The molecule has 0 saturated carbocycles. The fourth-order valence-corrected chi connectivity index (χ4v) is 2.01. The van der Waals surface area contributed by atoms with Gasteiger partial charge in [0.05, 0.1) is 0 Å². The highest BCUT2D eigenvalue weighted by Crippen LogP contribution is 2.15. The first-order valence-electron chi connectivity index (χ1n) is 6.85. The number of nitrogens with one attached hydrogen (secondary N) is 1. The second kappa shape index (κ2) is 7.09. The molecule has 0 aliphatic carbocycles. The van der Waals surface area contributed by atoms with Gasteiger partial charge in [-0.1, -0.05) is 13.8 Å². The van der Waals surface area contributed by atoms with Crippen molar-refractivity contribution >= 4 is 11.7 Å². The van der Waals surface area contributed by atoms with E-state index in [1.165, 1.54) is 0 Å². The van der Waals surface area contributed by atoms with Crippen LogP contribution in [0, 0.1) is 0 Å². The number of aryl methyl sites for hydroxylation is 1. The topological polar surface area (TPSA) is 71.2 Å². The quantitative estimate of drug-likeness (QED) is 0.610. The van der Waals surface area contributed by atoms with Crippen molar-refractivity contribution in [2.24, 2.45) is 5.84 Å². The maximum Gasteiger partial charge on any atom is 0.254 e. The van der Waals surface area contributed by atoms with Gasteiger partial charge in [-0.25, -0.2) is 10.8 Å². The molecule has 0 aromatic carbocycles. The average molecular weight is 264 g/mol. The molecule has 1 unspecified atom stereocenters. The monoisotopic (exact) mass is 264 g/mol. The predicted octanol–water partition coefficient (Wildman–Crippen LogP) is 2.19. The van der Waals surface area contributed by atoms with E-state index < -0.39 is 0 Å². The first kappa shape index (κ1) is 15.4. The number of hydrazine groups is 1. The molecular formula is C14H24N4O. The third-order valence-corrected chi connectivity index (χ3v) is 3.36. The lowest BCUT2D eigenvalue weighted by molar-refractivity contribution is 0.0700. The van der Waals surface area contributed by atoms with Crippen molar-refractivity contribution in [3.8, 4) is 0 Å². The van der Waals surface area contributed by atoms with E-state index in [9.17, 15) is 4.79 Å². The Labute approximate surface area is 115 Å².